The number of aromatic nitrogens is 4. The average molecular weight is 297 g/mol. The molecular formula is C11H15N5O3S. The molecule has 0 fully saturated rings. The summed E-state index contributed by atoms with van der Waals surface area (Å²) < 4.78 is 6.56. The number of amides is 1. The maximum atomic E-state index is 12.0. The van der Waals surface area contributed by atoms with Crippen LogP contribution in [-0.2, 0) is 4.74 Å². The molecule has 2 rings (SSSR count). The molecular weight excluding hydrogens is 282 g/mol. The second-order valence-corrected chi connectivity index (χ2v) is 4.75. The number of rotatable bonds is 8. The maximum Gasteiger partial charge on any atom is 0.263 e. The molecule has 0 radical (unpaired) electrons. The van der Waals surface area contributed by atoms with Crippen LogP contribution in [0.1, 0.15) is 16.1 Å². The number of aliphatic hydroxyl groups is 1. The number of hydrogen-bond acceptors (Lipinski definition) is 7. The van der Waals surface area contributed by atoms with Crippen LogP contribution in [0.15, 0.2) is 17.8 Å². The van der Waals surface area contributed by atoms with Gasteiger partial charge >= 0.3 is 0 Å². The second-order valence-electron chi connectivity index (χ2n) is 3.83. The summed E-state index contributed by atoms with van der Waals surface area (Å²) in [5, 5.41) is 24.0. The SMILES string of the molecule is O=C(NCCCOCCO)c1sccc1-n1cnnn1. The van der Waals surface area contributed by atoms with Gasteiger partial charge in [-0.2, -0.15) is 4.68 Å². The van der Waals surface area contributed by atoms with Crippen molar-refractivity contribution in [1.29, 1.82) is 0 Å². The Morgan fingerprint density at radius 1 is 1.50 bits per heavy atom. The summed E-state index contributed by atoms with van der Waals surface area (Å²) in [5.41, 5.74) is 0.661. The van der Waals surface area contributed by atoms with Crippen molar-refractivity contribution < 1.29 is 14.6 Å². The summed E-state index contributed by atoms with van der Waals surface area (Å²) in [4.78, 5) is 12.6. The van der Waals surface area contributed by atoms with E-state index in [0.29, 0.717) is 36.7 Å². The van der Waals surface area contributed by atoms with Gasteiger partial charge in [-0.25, -0.2) is 0 Å². The summed E-state index contributed by atoms with van der Waals surface area (Å²) >= 11 is 1.34. The predicted octanol–water partition coefficient (Wildman–Crippen LogP) is -0.147. The molecule has 0 saturated carbocycles. The van der Waals surface area contributed by atoms with Gasteiger partial charge in [0.2, 0.25) is 0 Å². The summed E-state index contributed by atoms with van der Waals surface area (Å²) in [5.74, 6) is -0.160. The Labute approximate surface area is 119 Å². The maximum absolute atomic E-state index is 12.0. The molecule has 108 valence electrons. The van der Waals surface area contributed by atoms with Crippen LogP contribution in [0, 0.1) is 0 Å². The van der Waals surface area contributed by atoms with Gasteiger partial charge in [0.1, 0.15) is 11.2 Å². The molecule has 0 aliphatic heterocycles. The molecule has 0 unspecified atom stereocenters. The molecule has 1 amide bonds. The Morgan fingerprint density at radius 3 is 3.15 bits per heavy atom. The first-order valence-electron chi connectivity index (χ1n) is 6.10. The number of tetrazole rings is 1. The molecule has 2 aromatic rings. The Hall–Kier alpha value is -1.84. The molecule has 2 heterocycles. The first kappa shape index (κ1) is 14.6. The lowest BCUT2D eigenvalue weighted by Gasteiger charge is -2.06. The number of nitrogens with zero attached hydrogens (tertiary/aromatic N) is 4. The molecule has 0 spiro atoms. The zero-order chi connectivity index (χ0) is 14.2. The number of aliphatic hydroxyl groups excluding tert-OH is 1. The number of carbonyl (C=O) groups excluding carboxylic acids is 1. The number of ether oxygens (including phenoxy) is 1. The van der Waals surface area contributed by atoms with Crippen LogP contribution < -0.4 is 5.32 Å². The van der Waals surface area contributed by atoms with Crippen LogP contribution in [-0.4, -0.2) is 57.6 Å². The van der Waals surface area contributed by atoms with Gasteiger partial charge in [0, 0.05) is 13.2 Å². The van der Waals surface area contributed by atoms with Crippen molar-refractivity contribution in [2.24, 2.45) is 0 Å². The molecule has 0 bridgehead atoms. The molecule has 2 aromatic heterocycles. The van der Waals surface area contributed by atoms with Crippen LogP contribution in [0.3, 0.4) is 0 Å². The van der Waals surface area contributed by atoms with Gasteiger partial charge in [0.25, 0.3) is 5.91 Å². The molecule has 9 heteroatoms. The van der Waals surface area contributed by atoms with Gasteiger partial charge < -0.3 is 15.2 Å². The minimum absolute atomic E-state index is 0.0108. The highest BCUT2D eigenvalue weighted by Gasteiger charge is 2.14. The monoisotopic (exact) mass is 297 g/mol. The molecule has 0 atom stereocenters. The first-order valence-corrected chi connectivity index (χ1v) is 6.98. The molecule has 20 heavy (non-hydrogen) atoms. The fraction of sp³-hybridized carbons (Fsp3) is 0.455. The van der Waals surface area contributed by atoms with E-state index in [1.165, 1.54) is 22.3 Å². The zero-order valence-corrected chi connectivity index (χ0v) is 11.5. The lowest BCUT2D eigenvalue weighted by atomic mass is 10.3. The van der Waals surface area contributed by atoms with Crippen LogP contribution >= 0.6 is 11.3 Å². The minimum atomic E-state index is -0.160. The minimum Gasteiger partial charge on any atom is -0.394 e. The Morgan fingerprint density at radius 2 is 2.40 bits per heavy atom. The third-order valence-electron chi connectivity index (χ3n) is 2.43. The fourth-order valence-corrected chi connectivity index (χ4v) is 2.34. The van der Waals surface area contributed by atoms with Crippen LogP contribution in [0.25, 0.3) is 5.69 Å². The summed E-state index contributed by atoms with van der Waals surface area (Å²) in [6.45, 7) is 1.35. The van der Waals surface area contributed by atoms with E-state index in [4.69, 9.17) is 9.84 Å². The molecule has 0 aliphatic carbocycles. The molecule has 0 aliphatic rings. The zero-order valence-electron chi connectivity index (χ0n) is 10.7. The second kappa shape index (κ2) is 7.68. The van der Waals surface area contributed by atoms with E-state index in [1.54, 1.807) is 6.07 Å². The van der Waals surface area contributed by atoms with Crippen molar-refractivity contribution in [3.63, 3.8) is 0 Å². The van der Waals surface area contributed by atoms with Gasteiger partial charge in [-0.15, -0.1) is 16.4 Å². The predicted molar refractivity (Wildman–Crippen MR) is 71.9 cm³/mol. The van der Waals surface area contributed by atoms with Gasteiger partial charge in [-0.05, 0) is 28.3 Å². The van der Waals surface area contributed by atoms with Crippen molar-refractivity contribution in [3.8, 4) is 5.69 Å². The number of carbonyl (C=O) groups is 1. The molecule has 2 N–H and O–H groups in total. The van der Waals surface area contributed by atoms with Crippen molar-refractivity contribution in [2.45, 2.75) is 6.42 Å². The van der Waals surface area contributed by atoms with Crippen molar-refractivity contribution in [1.82, 2.24) is 25.5 Å². The van der Waals surface area contributed by atoms with Crippen molar-refractivity contribution in [2.75, 3.05) is 26.4 Å². The van der Waals surface area contributed by atoms with E-state index >= 15 is 0 Å². The van der Waals surface area contributed by atoms with Crippen LogP contribution in [0.4, 0.5) is 0 Å². The van der Waals surface area contributed by atoms with Crippen molar-refractivity contribution >= 4 is 17.2 Å². The third kappa shape index (κ3) is 3.83. The normalized spacial score (nSPS) is 10.7. The van der Waals surface area contributed by atoms with E-state index in [1.807, 2.05) is 5.38 Å². The van der Waals surface area contributed by atoms with E-state index in [0.717, 1.165) is 0 Å². The highest BCUT2D eigenvalue weighted by atomic mass is 32.1. The van der Waals surface area contributed by atoms with Gasteiger partial charge in [-0.1, -0.05) is 0 Å². The molecule has 0 aromatic carbocycles. The summed E-state index contributed by atoms with van der Waals surface area (Å²) in [6, 6.07) is 1.79. The quantitative estimate of drug-likeness (QED) is 0.657. The topological polar surface area (TPSA) is 102 Å². The van der Waals surface area contributed by atoms with Crippen LogP contribution in [0.5, 0.6) is 0 Å². The summed E-state index contributed by atoms with van der Waals surface area (Å²) in [6.07, 6.45) is 2.14. The number of hydrogen-bond donors (Lipinski definition) is 2. The largest absolute Gasteiger partial charge is 0.394 e. The van der Waals surface area contributed by atoms with Crippen LogP contribution in [0.2, 0.25) is 0 Å². The van der Waals surface area contributed by atoms with Crippen molar-refractivity contribution in [3.05, 3.63) is 22.7 Å². The van der Waals surface area contributed by atoms with Gasteiger partial charge in [-0.3, -0.25) is 4.79 Å². The number of nitrogens with one attached hydrogen (secondary N) is 1. The highest BCUT2D eigenvalue weighted by Crippen LogP contribution is 2.19. The average Bonchev–Trinajstić information content (AvgIpc) is 3.11. The first-order chi connectivity index (χ1) is 9.83. The number of thiophene rings is 1. The Balaban J connectivity index is 1.83. The fourth-order valence-electron chi connectivity index (χ4n) is 1.55. The smallest absolute Gasteiger partial charge is 0.263 e. The lowest BCUT2D eigenvalue weighted by Crippen LogP contribution is -2.25. The molecule has 8 nitrogen and oxygen atoms in total. The van der Waals surface area contributed by atoms with E-state index in [-0.39, 0.29) is 12.5 Å². The third-order valence-corrected chi connectivity index (χ3v) is 3.34. The van der Waals surface area contributed by atoms with Gasteiger partial charge in [0.05, 0.1) is 18.9 Å². The van der Waals surface area contributed by atoms with E-state index in [2.05, 4.69) is 20.8 Å². The standard InChI is InChI=1S/C11H15N5O3S/c17-4-6-19-5-1-3-12-11(18)10-9(2-7-20-10)16-8-13-14-15-16/h2,7-8,17H,1,3-6H2,(H,12,18). The van der Waals surface area contributed by atoms with E-state index < -0.39 is 0 Å². The Kier molecular flexibility index (Phi) is 5.59. The van der Waals surface area contributed by atoms with E-state index in [9.17, 15) is 4.79 Å². The Bertz CT molecular complexity index is 528. The summed E-state index contributed by atoms with van der Waals surface area (Å²) in [7, 11) is 0. The van der Waals surface area contributed by atoms with Gasteiger partial charge in [0.15, 0.2) is 0 Å². The molecule has 0 saturated heterocycles. The lowest BCUT2D eigenvalue weighted by molar-refractivity contribution is 0.0869. The highest BCUT2D eigenvalue weighted by molar-refractivity contribution is 7.12.